The van der Waals surface area contributed by atoms with Gasteiger partial charge in [0.25, 0.3) is 0 Å². The van der Waals surface area contributed by atoms with E-state index < -0.39 is 11.9 Å². The molecule has 0 amide bonds. The van der Waals surface area contributed by atoms with Gasteiger partial charge in [-0.25, -0.2) is 0 Å². The van der Waals surface area contributed by atoms with Crippen molar-refractivity contribution < 1.29 is 23.9 Å². The lowest BCUT2D eigenvalue weighted by molar-refractivity contribution is -0.134. The number of hydrogen-bond acceptors (Lipinski definition) is 5. The summed E-state index contributed by atoms with van der Waals surface area (Å²) in [6, 6.07) is 3.31. The van der Waals surface area contributed by atoms with Crippen molar-refractivity contribution in [2.75, 3.05) is 0 Å². The van der Waals surface area contributed by atoms with Gasteiger partial charge in [-0.3, -0.25) is 14.4 Å². The Morgan fingerprint density at radius 3 is 2.15 bits per heavy atom. The van der Waals surface area contributed by atoms with Crippen molar-refractivity contribution in [3.8, 4) is 11.5 Å². The first-order valence-corrected chi connectivity index (χ1v) is 9.13. The van der Waals surface area contributed by atoms with Gasteiger partial charge in [0.05, 0.1) is 0 Å². The Labute approximate surface area is 154 Å². The van der Waals surface area contributed by atoms with E-state index in [9.17, 15) is 14.4 Å². The fraction of sp³-hybridized carbons (Fsp3) is 0.571. The van der Waals surface area contributed by atoms with Gasteiger partial charge in [0.2, 0.25) is 0 Å². The van der Waals surface area contributed by atoms with Crippen LogP contribution >= 0.6 is 0 Å². The van der Waals surface area contributed by atoms with E-state index in [4.69, 9.17) is 9.47 Å². The van der Waals surface area contributed by atoms with Gasteiger partial charge in [-0.1, -0.05) is 27.2 Å². The minimum absolute atomic E-state index is 0.0558. The van der Waals surface area contributed by atoms with Crippen LogP contribution in [0.2, 0.25) is 0 Å². The van der Waals surface area contributed by atoms with E-state index in [1.807, 2.05) is 0 Å². The summed E-state index contributed by atoms with van der Waals surface area (Å²) in [4.78, 5) is 35.8. The summed E-state index contributed by atoms with van der Waals surface area (Å²) in [7, 11) is 0. The Kier molecular flexibility index (Phi) is 4.45. The van der Waals surface area contributed by atoms with E-state index in [0.29, 0.717) is 12.0 Å². The number of fused-ring (bicyclic) bond motifs is 3. The van der Waals surface area contributed by atoms with Gasteiger partial charge in [-0.2, -0.15) is 0 Å². The van der Waals surface area contributed by atoms with Crippen LogP contribution < -0.4 is 9.47 Å². The van der Waals surface area contributed by atoms with Gasteiger partial charge in [0, 0.05) is 25.8 Å². The van der Waals surface area contributed by atoms with E-state index >= 15 is 0 Å². The van der Waals surface area contributed by atoms with Crippen LogP contribution in [0.25, 0.3) is 0 Å². The highest BCUT2D eigenvalue weighted by molar-refractivity contribution is 6.00. The molecule has 0 aliphatic heterocycles. The Hall–Kier alpha value is -2.17. The molecule has 5 nitrogen and oxygen atoms in total. The standard InChI is InChI=1S/C21H26O5/c1-12(22)25-17-9-14-15(10-18(17)26-13(2)23)21(5)8-6-7-20(3,4)19(21)11-16(14)24/h9-10,19H,6-8,11H2,1-5H3/t19-,21+/m0/s1. The molecule has 2 aliphatic rings. The summed E-state index contributed by atoms with van der Waals surface area (Å²) < 4.78 is 10.5. The van der Waals surface area contributed by atoms with Crippen molar-refractivity contribution in [3.63, 3.8) is 0 Å². The number of carbonyl (C=O) groups is 3. The van der Waals surface area contributed by atoms with Crippen LogP contribution in [0.15, 0.2) is 12.1 Å². The Balaban J connectivity index is 2.19. The predicted octanol–water partition coefficient (Wildman–Crippen LogP) is 4.21. The lowest BCUT2D eigenvalue weighted by atomic mass is 9.50. The number of ketones is 1. The topological polar surface area (TPSA) is 69.7 Å². The van der Waals surface area contributed by atoms with Crippen LogP contribution in [0.1, 0.15) is 76.2 Å². The molecule has 2 atom stereocenters. The van der Waals surface area contributed by atoms with Crippen LogP contribution in [0.3, 0.4) is 0 Å². The average molecular weight is 358 g/mol. The molecule has 0 aromatic heterocycles. The molecule has 0 saturated heterocycles. The van der Waals surface area contributed by atoms with Crippen LogP contribution in [0.4, 0.5) is 0 Å². The van der Waals surface area contributed by atoms with E-state index in [1.54, 1.807) is 12.1 Å². The highest BCUT2D eigenvalue weighted by atomic mass is 16.6. The molecule has 5 heteroatoms. The molecule has 0 heterocycles. The van der Waals surface area contributed by atoms with Crippen molar-refractivity contribution >= 4 is 17.7 Å². The highest BCUT2D eigenvalue weighted by Crippen LogP contribution is 2.58. The second-order valence-electron chi connectivity index (χ2n) is 8.47. The van der Waals surface area contributed by atoms with Gasteiger partial charge < -0.3 is 9.47 Å². The Morgan fingerprint density at radius 1 is 1.00 bits per heavy atom. The van der Waals surface area contributed by atoms with Gasteiger partial charge in [-0.15, -0.1) is 0 Å². The molecule has 140 valence electrons. The minimum Gasteiger partial charge on any atom is -0.423 e. The number of Topliss-reactive ketones (excluding diaryl/α,β-unsaturated/α-hetero) is 1. The molecule has 1 aromatic rings. The zero-order valence-corrected chi connectivity index (χ0v) is 16.1. The number of ether oxygens (including phenoxy) is 2. The zero-order chi connectivity index (χ0) is 19.3. The van der Waals surface area contributed by atoms with Gasteiger partial charge >= 0.3 is 11.9 Å². The molecule has 1 saturated carbocycles. The average Bonchev–Trinajstić information content (AvgIpc) is 2.50. The third-order valence-corrected chi connectivity index (χ3v) is 6.13. The van der Waals surface area contributed by atoms with Gasteiger partial charge in [-0.05, 0) is 47.3 Å². The van der Waals surface area contributed by atoms with Gasteiger partial charge in [0.15, 0.2) is 17.3 Å². The smallest absolute Gasteiger partial charge is 0.308 e. The molecule has 2 aliphatic carbocycles. The third kappa shape index (κ3) is 3.04. The van der Waals surface area contributed by atoms with E-state index in [-0.39, 0.29) is 34.0 Å². The first-order valence-electron chi connectivity index (χ1n) is 9.13. The highest BCUT2D eigenvalue weighted by Gasteiger charge is 2.52. The number of carbonyl (C=O) groups excluding carboxylic acids is 3. The number of hydrogen-bond donors (Lipinski definition) is 0. The summed E-state index contributed by atoms with van der Waals surface area (Å²) in [5.41, 5.74) is 1.37. The maximum Gasteiger partial charge on any atom is 0.308 e. The molecular weight excluding hydrogens is 332 g/mol. The molecule has 0 unspecified atom stereocenters. The van der Waals surface area contributed by atoms with Crippen LogP contribution in [0.5, 0.6) is 11.5 Å². The fourth-order valence-corrected chi connectivity index (χ4v) is 4.97. The van der Waals surface area contributed by atoms with Crippen LogP contribution in [0, 0.1) is 11.3 Å². The molecule has 1 fully saturated rings. The molecule has 0 radical (unpaired) electrons. The number of rotatable bonds is 2. The molecule has 3 rings (SSSR count). The second-order valence-corrected chi connectivity index (χ2v) is 8.47. The maximum absolute atomic E-state index is 12.9. The van der Waals surface area contributed by atoms with Crippen molar-refractivity contribution in [2.45, 2.75) is 65.7 Å². The molecular formula is C21H26O5. The summed E-state index contributed by atoms with van der Waals surface area (Å²) in [6.45, 7) is 9.24. The van der Waals surface area contributed by atoms with E-state index in [0.717, 1.165) is 24.8 Å². The van der Waals surface area contributed by atoms with Crippen molar-refractivity contribution in [1.29, 1.82) is 0 Å². The number of benzene rings is 1. The molecule has 26 heavy (non-hydrogen) atoms. The van der Waals surface area contributed by atoms with Gasteiger partial charge in [0.1, 0.15) is 0 Å². The summed E-state index contributed by atoms with van der Waals surface area (Å²) in [6.07, 6.45) is 3.65. The number of esters is 2. The normalized spacial score (nSPS) is 26.5. The zero-order valence-electron chi connectivity index (χ0n) is 16.1. The first-order chi connectivity index (χ1) is 12.0. The van der Waals surface area contributed by atoms with E-state index in [2.05, 4.69) is 20.8 Å². The van der Waals surface area contributed by atoms with Crippen LogP contribution in [-0.2, 0) is 15.0 Å². The SMILES string of the molecule is CC(=O)Oc1cc2c(cc1OC(C)=O)[C@@]1(C)CCCC(C)(C)[C@@H]1CC2=O. The quantitative estimate of drug-likeness (QED) is 0.585. The summed E-state index contributed by atoms with van der Waals surface area (Å²) >= 11 is 0. The Morgan fingerprint density at radius 2 is 1.58 bits per heavy atom. The molecule has 0 bridgehead atoms. The summed E-state index contributed by atoms with van der Waals surface area (Å²) in [5.74, 6) is -0.411. The molecule has 0 spiro atoms. The maximum atomic E-state index is 12.9. The third-order valence-electron chi connectivity index (χ3n) is 6.13. The van der Waals surface area contributed by atoms with Crippen molar-refractivity contribution in [1.82, 2.24) is 0 Å². The molecule has 1 aromatic carbocycles. The second kappa shape index (κ2) is 6.22. The lowest BCUT2D eigenvalue weighted by Gasteiger charge is -2.53. The monoisotopic (exact) mass is 358 g/mol. The van der Waals surface area contributed by atoms with Crippen LogP contribution in [-0.4, -0.2) is 17.7 Å². The largest absolute Gasteiger partial charge is 0.423 e. The minimum atomic E-state index is -0.524. The Bertz CT molecular complexity index is 792. The van der Waals surface area contributed by atoms with Crippen molar-refractivity contribution in [2.24, 2.45) is 11.3 Å². The first kappa shape index (κ1) is 18.6. The summed E-state index contributed by atoms with van der Waals surface area (Å²) in [5, 5.41) is 0. The van der Waals surface area contributed by atoms with E-state index in [1.165, 1.54) is 13.8 Å². The van der Waals surface area contributed by atoms with Crippen molar-refractivity contribution in [3.05, 3.63) is 23.3 Å². The predicted molar refractivity (Wildman–Crippen MR) is 96.5 cm³/mol. The fourth-order valence-electron chi connectivity index (χ4n) is 4.97. The molecule has 0 N–H and O–H groups in total. The lowest BCUT2D eigenvalue weighted by Crippen LogP contribution is -2.49.